The number of amides is 3. The average molecular weight is 649 g/mol. The van der Waals surface area contributed by atoms with Crippen LogP contribution in [0, 0.1) is 13.8 Å². The van der Waals surface area contributed by atoms with Crippen LogP contribution < -0.4 is 16.0 Å². The highest BCUT2D eigenvalue weighted by atomic mass is 16.5. The van der Waals surface area contributed by atoms with Crippen molar-refractivity contribution in [2.75, 3.05) is 19.5 Å². The van der Waals surface area contributed by atoms with Crippen molar-refractivity contribution in [1.29, 1.82) is 0 Å². The van der Waals surface area contributed by atoms with Gasteiger partial charge in [0.2, 0.25) is 0 Å². The molecule has 4 aromatic rings. The number of methoxy groups -OCH3 is 2. The number of fused-ring (bicyclic) bond motifs is 1. The summed E-state index contributed by atoms with van der Waals surface area (Å²) in [7, 11) is 2.53. The zero-order valence-corrected chi connectivity index (χ0v) is 27.0. The lowest BCUT2D eigenvalue weighted by molar-refractivity contribution is -0.143. The third-order valence-corrected chi connectivity index (χ3v) is 8.20. The molecule has 0 bridgehead atoms. The number of anilines is 1. The summed E-state index contributed by atoms with van der Waals surface area (Å²) in [6.45, 7) is 3.47. The molecule has 5 rings (SSSR count). The lowest BCUT2D eigenvalue weighted by Crippen LogP contribution is -2.43. The van der Waals surface area contributed by atoms with E-state index in [0.717, 1.165) is 11.1 Å². The van der Waals surface area contributed by atoms with Crippen LogP contribution in [0.4, 0.5) is 5.69 Å². The standard InChI is InChI=1S/C37H36N4O7/c1-21-29(38-22(2)32(21)35(44)41-31(37(46)48-4)18-24-13-9-6-10-14-24)20-27-26-19-25(15-16-28(26)39-34(27)43)33(42)40-30(36(45)47-3)17-23-11-7-5-8-12-23/h5-16,19-20,30-31,38H,17-18H2,1-4H3,(H,39,43)(H,40,42)(H,41,44)/b27-20-/t30-,31+/m0/s1. The molecule has 0 saturated carbocycles. The number of aryl methyl sites for hydroxylation is 1. The topological polar surface area (TPSA) is 156 Å². The largest absolute Gasteiger partial charge is 0.467 e. The Morgan fingerprint density at radius 3 is 1.85 bits per heavy atom. The molecule has 0 radical (unpaired) electrons. The van der Waals surface area contributed by atoms with Gasteiger partial charge in [-0.3, -0.25) is 14.4 Å². The Morgan fingerprint density at radius 1 is 0.771 bits per heavy atom. The Balaban J connectivity index is 1.38. The van der Waals surface area contributed by atoms with E-state index in [2.05, 4.69) is 20.9 Å². The maximum absolute atomic E-state index is 13.5. The second-order valence-corrected chi connectivity index (χ2v) is 11.4. The van der Waals surface area contributed by atoms with Crippen molar-refractivity contribution < 1.29 is 33.4 Å². The molecule has 1 aromatic heterocycles. The Bertz CT molecular complexity index is 1900. The first-order valence-electron chi connectivity index (χ1n) is 15.3. The average Bonchev–Trinajstić information content (AvgIpc) is 3.56. The Labute approximate surface area is 277 Å². The fourth-order valence-corrected chi connectivity index (χ4v) is 5.72. The SMILES string of the molecule is COC(=O)[C@H](Cc1ccccc1)NC(=O)c1ccc2c(c1)/C(=C/c1[nH]c(C)c(C(=O)N[C@H](Cc3ccccc3)C(=O)OC)c1C)C(=O)N2. The fourth-order valence-electron chi connectivity index (χ4n) is 5.72. The second-order valence-electron chi connectivity index (χ2n) is 11.4. The molecular formula is C37H36N4O7. The van der Waals surface area contributed by atoms with Crippen LogP contribution in [0.25, 0.3) is 11.6 Å². The van der Waals surface area contributed by atoms with Gasteiger partial charge in [-0.15, -0.1) is 0 Å². The molecule has 246 valence electrons. The summed E-state index contributed by atoms with van der Waals surface area (Å²) < 4.78 is 9.87. The van der Waals surface area contributed by atoms with Crippen molar-refractivity contribution in [3.05, 3.63) is 124 Å². The van der Waals surface area contributed by atoms with E-state index >= 15 is 0 Å². The first-order valence-corrected chi connectivity index (χ1v) is 15.3. The van der Waals surface area contributed by atoms with Crippen molar-refractivity contribution in [2.45, 2.75) is 38.8 Å². The number of H-pyrrole nitrogens is 1. The number of ether oxygens (including phenoxy) is 2. The van der Waals surface area contributed by atoms with Crippen LogP contribution >= 0.6 is 0 Å². The maximum Gasteiger partial charge on any atom is 0.328 e. The van der Waals surface area contributed by atoms with Crippen molar-refractivity contribution in [2.24, 2.45) is 0 Å². The first-order chi connectivity index (χ1) is 23.1. The van der Waals surface area contributed by atoms with Crippen LogP contribution in [-0.2, 0) is 36.7 Å². The third kappa shape index (κ3) is 7.36. The smallest absolute Gasteiger partial charge is 0.328 e. The fraction of sp³-hybridized carbons (Fsp3) is 0.216. The van der Waals surface area contributed by atoms with E-state index in [1.807, 2.05) is 60.7 Å². The molecule has 2 heterocycles. The zero-order valence-electron chi connectivity index (χ0n) is 27.0. The number of esters is 2. The van der Waals surface area contributed by atoms with Crippen molar-refractivity contribution in [3.63, 3.8) is 0 Å². The summed E-state index contributed by atoms with van der Waals surface area (Å²) in [4.78, 5) is 68.2. The van der Waals surface area contributed by atoms with E-state index < -0.39 is 35.8 Å². The molecule has 0 saturated heterocycles. The number of rotatable bonds is 11. The van der Waals surface area contributed by atoms with Gasteiger partial charge in [0.1, 0.15) is 12.1 Å². The molecule has 4 N–H and O–H groups in total. The third-order valence-electron chi connectivity index (χ3n) is 8.20. The molecular weight excluding hydrogens is 612 g/mol. The number of aromatic amines is 1. The molecule has 3 aromatic carbocycles. The number of carbonyl (C=O) groups is 5. The summed E-state index contributed by atoms with van der Waals surface area (Å²) in [5, 5.41) is 8.36. The van der Waals surface area contributed by atoms with Gasteiger partial charge in [0.05, 0.1) is 25.4 Å². The van der Waals surface area contributed by atoms with E-state index in [4.69, 9.17) is 9.47 Å². The Kier molecular flexibility index (Phi) is 10.2. The van der Waals surface area contributed by atoms with Gasteiger partial charge in [0, 0.05) is 41.0 Å². The number of hydrogen-bond acceptors (Lipinski definition) is 7. The maximum atomic E-state index is 13.5. The number of aromatic nitrogens is 1. The highest BCUT2D eigenvalue weighted by Crippen LogP contribution is 2.35. The van der Waals surface area contributed by atoms with Crippen molar-refractivity contribution in [1.82, 2.24) is 15.6 Å². The second kappa shape index (κ2) is 14.6. The zero-order chi connectivity index (χ0) is 34.4. The van der Waals surface area contributed by atoms with Gasteiger partial charge in [0.15, 0.2) is 0 Å². The minimum absolute atomic E-state index is 0.239. The summed E-state index contributed by atoms with van der Waals surface area (Å²) >= 11 is 0. The van der Waals surface area contributed by atoms with E-state index in [1.54, 1.807) is 38.1 Å². The van der Waals surface area contributed by atoms with Gasteiger partial charge in [-0.1, -0.05) is 60.7 Å². The van der Waals surface area contributed by atoms with Crippen LogP contribution in [-0.4, -0.2) is 60.9 Å². The molecule has 0 unspecified atom stereocenters. The summed E-state index contributed by atoms with van der Waals surface area (Å²) in [5.74, 6) is -2.52. The van der Waals surface area contributed by atoms with Gasteiger partial charge in [-0.05, 0) is 54.8 Å². The van der Waals surface area contributed by atoms with Gasteiger partial charge < -0.3 is 30.4 Å². The minimum atomic E-state index is -0.923. The Morgan fingerprint density at radius 2 is 1.31 bits per heavy atom. The van der Waals surface area contributed by atoms with Gasteiger partial charge >= 0.3 is 11.9 Å². The molecule has 2 atom stereocenters. The van der Waals surface area contributed by atoms with E-state index in [-0.39, 0.29) is 29.9 Å². The van der Waals surface area contributed by atoms with Crippen LogP contribution in [0.3, 0.4) is 0 Å². The quantitative estimate of drug-likeness (QED) is 0.141. The van der Waals surface area contributed by atoms with E-state index in [0.29, 0.717) is 33.8 Å². The van der Waals surface area contributed by atoms with Gasteiger partial charge in [0.25, 0.3) is 17.7 Å². The van der Waals surface area contributed by atoms with Crippen LogP contribution in [0.2, 0.25) is 0 Å². The van der Waals surface area contributed by atoms with Crippen LogP contribution in [0.15, 0.2) is 78.9 Å². The van der Waals surface area contributed by atoms with Crippen LogP contribution in [0.1, 0.15) is 54.4 Å². The summed E-state index contributed by atoms with van der Waals surface area (Å²) in [5.41, 5.74) is 5.18. The molecule has 1 aliphatic heterocycles. The van der Waals surface area contributed by atoms with E-state index in [9.17, 15) is 24.0 Å². The summed E-state index contributed by atoms with van der Waals surface area (Å²) in [6.07, 6.45) is 2.11. The minimum Gasteiger partial charge on any atom is -0.467 e. The number of benzene rings is 3. The highest BCUT2D eigenvalue weighted by Gasteiger charge is 2.29. The Hall–Kier alpha value is -5.97. The summed E-state index contributed by atoms with van der Waals surface area (Å²) in [6, 6.07) is 21.5. The molecule has 48 heavy (non-hydrogen) atoms. The van der Waals surface area contributed by atoms with Crippen molar-refractivity contribution >= 4 is 47.0 Å². The van der Waals surface area contributed by atoms with Crippen molar-refractivity contribution in [3.8, 4) is 0 Å². The number of hydrogen-bond donors (Lipinski definition) is 4. The number of nitrogens with one attached hydrogen (secondary N) is 4. The lowest BCUT2D eigenvalue weighted by atomic mass is 10.0. The molecule has 11 nitrogen and oxygen atoms in total. The van der Waals surface area contributed by atoms with Gasteiger partial charge in [-0.25, -0.2) is 9.59 Å². The van der Waals surface area contributed by atoms with Gasteiger partial charge in [-0.2, -0.15) is 0 Å². The molecule has 1 aliphatic rings. The molecule has 0 aliphatic carbocycles. The molecule has 0 spiro atoms. The molecule has 0 fully saturated rings. The molecule has 3 amide bonds. The van der Waals surface area contributed by atoms with E-state index in [1.165, 1.54) is 14.2 Å². The predicted molar refractivity (Wildman–Crippen MR) is 180 cm³/mol. The first kappa shape index (κ1) is 33.4. The molecule has 11 heteroatoms. The van der Waals surface area contributed by atoms with Crippen LogP contribution in [0.5, 0.6) is 0 Å². The predicted octanol–water partition coefficient (Wildman–Crippen LogP) is 4.15. The normalized spacial score (nSPS) is 14.0. The monoisotopic (exact) mass is 648 g/mol. The number of carbonyl (C=O) groups excluding carboxylic acids is 5. The lowest BCUT2D eigenvalue weighted by Gasteiger charge is -2.17. The highest BCUT2D eigenvalue weighted by molar-refractivity contribution is 6.35.